The van der Waals surface area contributed by atoms with Gasteiger partial charge in [0.2, 0.25) is 0 Å². The third kappa shape index (κ3) is 3.27. The lowest BCUT2D eigenvalue weighted by Gasteiger charge is -2.07. The Labute approximate surface area is 164 Å². The van der Waals surface area contributed by atoms with E-state index in [2.05, 4.69) is 20.1 Å². The van der Waals surface area contributed by atoms with Crippen molar-refractivity contribution in [3.8, 4) is 11.5 Å². The maximum absolute atomic E-state index is 14.1. The van der Waals surface area contributed by atoms with E-state index in [4.69, 9.17) is 5.73 Å². The zero-order chi connectivity index (χ0) is 20.5. The second kappa shape index (κ2) is 7.27. The Morgan fingerprint density at radius 1 is 1.21 bits per heavy atom. The summed E-state index contributed by atoms with van der Waals surface area (Å²) in [6.45, 7) is 1.96. The van der Waals surface area contributed by atoms with Gasteiger partial charge in [0.1, 0.15) is 22.9 Å². The summed E-state index contributed by atoms with van der Waals surface area (Å²) in [4.78, 5) is 24.4. The fourth-order valence-electron chi connectivity index (χ4n) is 3.19. The number of carboxylic acid groups (broad SMARTS) is 1. The monoisotopic (exact) mass is 392 g/mol. The minimum atomic E-state index is -1.18. The van der Waals surface area contributed by atoms with Crippen LogP contribution in [-0.4, -0.2) is 35.8 Å². The van der Waals surface area contributed by atoms with Gasteiger partial charge in [-0.3, -0.25) is 0 Å². The van der Waals surface area contributed by atoms with Crippen LogP contribution in [0.1, 0.15) is 28.5 Å². The molecule has 8 nitrogen and oxygen atoms in total. The number of anilines is 1. The first-order valence-corrected chi connectivity index (χ1v) is 8.94. The summed E-state index contributed by atoms with van der Waals surface area (Å²) in [5, 5.41) is 14.6. The predicted molar refractivity (Wildman–Crippen MR) is 105 cm³/mol. The first-order valence-electron chi connectivity index (χ1n) is 8.94. The van der Waals surface area contributed by atoms with Crippen molar-refractivity contribution in [1.29, 1.82) is 0 Å². The van der Waals surface area contributed by atoms with Crippen molar-refractivity contribution in [1.82, 2.24) is 24.7 Å². The van der Waals surface area contributed by atoms with Gasteiger partial charge in [-0.05, 0) is 24.6 Å². The van der Waals surface area contributed by atoms with Gasteiger partial charge in [-0.2, -0.15) is 5.10 Å². The van der Waals surface area contributed by atoms with Gasteiger partial charge in [0.05, 0.1) is 17.6 Å². The van der Waals surface area contributed by atoms with Crippen LogP contribution in [0.4, 0.5) is 10.2 Å². The number of nitrogen functional groups attached to an aromatic ring is 1. The summed E-state index contributed by atoms with van der Waals surface area (Å²) in [6, 6.07) is 9.99. The number of fused-ring (bicyclic) bond motifs is 1. The van der Waals surface area contributed by atoms with E-state index in [1.165, 1.54) is 6.07 Å². The molecule has 3 heterocycles. The van der Waals surface area contributed by atoms with Crippen molar-refractivity contribution in [2.24, 2.45) is 0 Å². The molecule has 0 atom stereocenters. The number of hydrogen-bond acceptors (Lipinski definition) is 6. The summed E-state index contributed by atoms with van der Waals surface area (Å²) in [7, 11) is 0. The van der Waals surface area contributed by atoms with Crippen LogP contribution in [0.5, 0.6) is 0 Å². The average Bonchev–Trinajstić information content (AvgIpc) is 3.07. The summed E-state index contributed by atoms with van der Waals surface area (Å²) in [5.74, 6) is -1.44. The molecular weight excluding hydrogens is 375 g/mol. The third-order valence-electron chi connectivity index (χ3n) is 4.56. The molecule has 3 aromatic heterocycles. The highest BCUT2D eigenvalue weighted by atomic mass is 19.1. The molecule has 4 aromatic rings. The number of nitrogens with two attached hydrogens (primary N) is 1. The molecule has 0 aliphatic heterocycles. The topological polar surface area (TPSA) is 120 Å². The first-order chi connectivity index (χ1) is 14.0. The predicted octanol–water partition coefficient (Wildman–Crippen LogP) is 2.92. The smallest absolute Gasteiger partial charge is 0.341 e. The van der Waals surface area contributed by atoms with Gasteiger partial charge < -0.3 is 10.8 Å². The van der Waals surface area contributed by atoms with Crippen LogP contribution in [0.25, 0.3) is 22.6 Å². The van der Waals surface area contributed by atoms with Crippen LogP contribution in [0.15, 0.2) is 42.6 Å². The molecule has 3 N–H and O–H groups in total. The normalized spacial score (nSPS) is 11.1. The second-order valence-electron chi connectivity index (χ2n) is 6.39. The molecule has 0 saturated heterocycles. The molecule has 9 heteroatoms. The van der Waals surface area contributed by atoms with Gasteiger partial charge in [0, 0.05) is 11.8 Å². The summed E-state index contributed by atoms with van der Waals surface area (Å²) < 4.78 is 15.7. The number of aromatic nitrogens is 5. The molecule has 0 aliphatic carbocycles. The Balaban J connectivity index is 1.89. The van der Waals surface area contributed by atoms with Crippen molar-refractivity contribution in [2.45, 2.75) is 19.9 Å². The van der Waals surface area contributed by atoms with Crippen molar-refractivity contribution < 1.29 is 14.3 Å². The molecule has 146 valence electrons. The van der Waals surface area contributed by atoms with Crippen LogP contribution < -0.4 is 5.73 Å². The number of nitrogens with zero attached hydrogens (tertiary/aromatic N) is 5. The molecule has 0 aliphatic rings. The molecule has 0 amide bonds. The zero-order valence-electron chi connectivity index (χ0n) is 15.5. The van der Waals surface area contributed by atoms with Gasteiger partial charge in [0.15, 0.2) is 11.5 Å². The van der Waals surface area contributed by atoms with Crippen LogP contribution >= 0.6 is 0 Å². The first kappa shape index (κ1) is 18.5. The van der Waals surface area contributed by atoms with Crippen molar-refractivity contribution in [3.05, 3.63) is 65.2 Å². The third-order valence-corrected chi connectivity index (χ3v) is 4.56. The molecule has 29 heavy (non-hydrogen) atoms. The number of rotatable bonds is 5. The maximum atomic E-state index is 14.1. The lowest BCUT2D eigenvalue weighted by atomic mass is 10.1. The van der Waals surface area contributed by atoms with Crippen LogP contribution in [0.2, 0.25) is 0 Å². The summed E-state index contributed by atoms with van der Waals surface area (Å²) in [6.07, 6.45) is 1.99. The van der Waals surface area contributed by atoms with E-state index in [1.54, 1.807) is 48.1 Å². The SMILES string of the molecule is CCc1nc(-c2nn(Cc3ccccc3F)c3ncccc23)nc(N)c1C(=O)O. The van der Waals surface area contributed by atoms with E-state index >= 15 is 0 Å². The number of carbonyl (C=O) groups is 1. The van der Waals surface area contributed by atoms with Gasteiger partial charge in [0.25, 0.3) is 0 Å². The standard InChI is InChI=1S/C20H17FN6O2/c1-2-14-15(20(28)29)17(22)25-18(24-14)16-12-7-5-9-23-19(12)27(26-16)10-11-6-3-4-8-13(11)21/h3-9H,2,10H2,1H3,(H,28,29)(H2,22,24,25). The van der Waals surface area contributed by atoms with Crippen LogP contribution in [-0.2, 0) is 13.0 Å². The number of hydrogen-bond donors (Lipinski definition) is 2. The van der Waals surface area contributed by atoms with Gasteiger partial charge in [-0.1, -0.05) is 25.1 Å². The quantitative estimate of drug-likeness (QED) is 0.536. The van der Waals surface area contributed by atoms with E-state index in [0.717, 1.165) is 0 Å². The number of halogens is 1. The lowest BCUT2D eigenvalue weighted by Crippen LogP contribution is -2.12. The Hall–Kier alpha value is -3.88. The van der Waals surface area contributed by atoms with E-state index < -0.39 is 5.97 Å². The molecule has 0 saturated carbocycles. The number of aryl methyl sites for hydroxylation is 1. The van der Waals surface area contributed by atoms with Gasteiger partial charge in [-0.15, -0.1) is 0 Å². The fraction of sp³-hybridized carbons (Fsp3) is 0.150. The zero-order valence-corrected chi connectivity index (χ0v) is 15.5. The maximum Gasteiger partial charge on any atom is 0.341 e. The molecule has 4 rings (SSSR count). The number of benzene rings is 1. The molecule has 0 bridgehead atoms. The molecule has 0 radical (unpaired) electrons. The van der Waals surface area contributed by atoms with E-state index in [1.807, 2.05) is 0 Å². The Morgan fingerprint density at radius 2 is 2.00 bits per heavy atom. The van der Waals surface area contributed by atoms with Crippen molar-refractivity contribution in [3.63, 3.8) is 0 Å². The number of aromatic carboxylic acids is 1. The van der Waals surface area contributed by atoms with E-state index in [9.17, 15) is 14.3 Å². The summed E-state index contributed by atoms with van der Waals surface area (Å²) >= 11 is 0. The highest BCUT2D eigenvalue weighted by molar-refractivity contribution is 5.95. The molecule has 0 unspecified atom stereocenters. The van der Waals surface area contributed by atoms with Crippen molar-refractivity contribution in [2.75, 3.05) is 5.73 Å². The van der Waals surface area contributed by atoms with Crippen molar-refractivity contribution >= 4 is 22.8 Å². The number of carboxylic acids is 1. The van der Waals surface area contributed by atoms with E-state index in [0.29, 0.717) is 34.4 Å². The van der Waals surface area contributed by atoms with E-state index in [-0.39, 0.29) is 29.6 Å². The van der Waals surface area contributed by atoms with Crippen LogP contribution in [0, 0.1) is 5.82 Å². The molecule has 0 spiro atoms. The molecule has 1 aromatic carbocycles. The Morgan fingerprint density at radius 3 is 2.72 bits per heavy atom. The minimum absolute atomic E-state index is 0.107. The fourth-order valence-corrected chi connectivity index (χ4v) is 3.19. The average molecular weight is 392 g/mol. The Kier molecular flexibility index (Phi) is 4.63. The van der Waals surface area contributed by atoms with Gasteiger partial charge >= 0.3 is 5.97 Å². The Bertz CT molecular complexity index is 1240. The second-order valence-corrected chi connectivity index (χ2v) is 6.39. The number of pyridine rings is 1. The highest BCUT2D eigenvalue weighted by Crippen LogP contribution is 2.27. The van der Waals surface area contributed by atoms with Gasteiger partial charge in [-0.25, -0.2) is 28.8 Å². The summed E-state index contributed by atoms with van der Waals surface area (Å²) in [5.41, 5.74) is 7.52. The minimum Gasteiger partial charge on any atom is -0.477 e. The largest absolute Gasteiger partial charge is 0.477 e. The molecule has 0 fully saturated rings. The molecular formula is C20H17FN6O2. The lowest BCUT2D eigenvalue weighted by molar-refractivity contribution is 0.0696. The van der Waals surface area contributed by atoms with Crippen LogP contribution in [0.3, 0.4) is 0 Å². The highest BCUT2D eigenvalue weighted by Gasteiger charge is 2.22.